The van der Waals surface area contributed by atoms with E-state index in [4.69, 9.17) is 0 Å². The Bertz CT molecular complexity index is 149. The fraction of sp³-hybridized carbons (Fsp3) is 0.800. The average molecular weight is 150 g/mol. The molecule has 1 aliphatic heterocycles. The maximum atomic E-state index is 12.4. The Labute approximate surface area is 56.8 Å². The van der Waals surface area contributed by atoms with E-state index in [9.17, 15) is 13.6 Å². The van der Waals surface area contributed by atoms with Crippen LogP contribution in [0, 0.1) is 0 Å². The second-order valence-corrected chi connectivity index (χ2v) is 2.14. The van der Waals surface area contributed by atoms with E-state index in [0.29, 0.717) is 6.54 Å². The number of halogens is 2. The first-order valence-electron chi connectivity index (χ1n) is 3.00. The summed E-state index contributed by atoms with van der Waals surface area (Å²) in [5, 5.41) is 4.52. The van der Waals surface area contributed by atoms with Gasteiger partial charge in [-0.05, 0) is 0 Å². The van der Waals surface area contributed by atoms with Crippen molar-refractivity contribution in [2.24, 2.45) is 0 Å². The van der Waals surface area contributed by atoms with Crippen molar-refractivity contribution in [1.82, 2.24) is 10.6 Å². The van der Waals surface area contributed by atoms with Crippen molar-refractivity contribution in [3.63, 3.8) is 0 Å². The molecule has 1 rings (SSSR count). The first-order valence-corrected chi connectivity index (χ1v) is 3.00. The first-order chi connectivity index (χ1) is 4.63. The predicted octanol–water partition coefficient (Wildman–Crippen LogP) is -0.659. The lowest BCUT2D eigenvalue weighted by Crippen LogP contribution is -2.42. The Hall–Kier alpha value is -0.710. The fourth-order valence-corrected chi connectivity index (χ4v) is 0.719. The Morgan fingerprint density at radius 3 is 2.80 bits per heavy atom. The van der Waals surface area contributed by atoms with Gasteiger partial charge in [0, 0.05) is 13.1 Å². The summed E-state index contributed by atoms with van der Waals surface area (Å²) >= 11 is 0. The summed E-state index contributed by atoms with van der Waals surface area (Å²) in [4.78, 5) is 10.4. The van der Waals surface area contributed by atoms with Crippen molar-refractivity contribution < 1.29 is 13.6 Å². The highest BCUT2D eigenvalue weighted by atomic mass is 19.3. The van der Waals surface area contributed by atoms with Gasteiger partial charge in [0.2, 0.25) is 0 Å². The zero-order valence-corrected chi connectivity index (χ0v) is 5.29. The van der Waals surface area contributed by atoms with E-state index < -0.39 is 18.4 Å². The van der Waals surface area contributed by atoms with Gasteiger partial charge in [-0.2, -0.15) is 8.78 Å². The topological polar surface area (TPSA) is 41.1 Å². The molecule has 0 saturated carbocycles. The lowest BCUT2D eigenvalue weighted by molar-refractivity contribution is -0.143. The number of nitrogens with one attached hydrogen (secondary N) is 2. The summed E-state index contributed by atoms with van der Waals surface area (Å²) in [5.74, 6) is -4.42. The van der Waals surface area contributed by atoms with E-state index in [0.717, 1.165) is 0 Å². The van der Waals surface area contributed by atoms with E-state index in [-0.39, 0.29) is 6.54 Å². The molecule has 0 unspecified atom stereocenters. The van der Waals surface area contributed by atoms with Crippen molar-refractivity contribution in [2.45, 2.75) is 5.92 Å². The van der Waals surface area contributed by atoms with Crippen LogP contribution in [0.5, 0.6) is 0 Å². The third kappa shape index (κ3) is 1.41. The third-order valence-electron chi connectivity index (χ3n) is 1.27. The summed E-state index contributed by atoms with van der Waals surface area (Å²) in [5.41, 5.74) is 0. The van der Waals surface area contributed by atoms with Gasteiger partial charge in [-0.3, -0.25) is 4.79 Å². The zero-order valence-electron chi connectivity index (χ0n) is 5.29. The molecule has 0 aliphatic carbocycles. The third-order valence-corrected chi connectivity index (χ3v) is 1.27. The molecule has 1 amide bonds. The van der Waals surface area contributed by atoms with Gasteiger partial charge in [0.05, 0.1) is 6.54 Å². The van der Waals surface area contributed by atoms with Crippen LogP contribution in [0.4, 0.5) is 8.78 Å². The summed E-state index contributed by atoms with van der Waals surface area (Å²) < 4.78 is 24.8. The van der Waals surface area contributed by atoms with Crippen molar-refractivity contribution >= 4 is 5.91 Å². The number of amides is 1. The lowest BCUT2D eigenvalue weighted by Gasteiger charge is -2.10. The number of alkyl halides is 2. The monoisotopic (exact) mass is 150 g/mol. The van der Waals surface area contributed by atoms with Gasteiger partial charge < -0.3 is 10.6 Å². The number of rotatable bonds is 0. The van der Waals surface area contributed by atoms with Crippen molar-refractivity contribution in [1.29, 1.82) is 0 Å². The highest BCUT2D eigenvalue weighted by Crippen LogP contribution is 2.12. The molecule has 0 spiro atoms. The Morgan fingerprint density at radius 2 is 2.10 bits per heavy atom. The minimum Gasteiger partial charge on any atom is -0.350 e. The molecule has 3 nitrogen and oxygen atoms in total. The molecule has 1 heterocycles. The number of carbonyl (C=O) groups excluding carboxylic acids is 1. The summed E-state index contributed by atoms with van der Waals surface area (Å²) in [6.07, 6.45) is 0. The number of hydrogen-bond acceptors (Lipinski definition) is 2. The van der Waals surface area contributed by atoms with E-state index in [1.165, 1.54) is 0 Å². The van der Waals surface area contributed by atoms with Gasteiger partial charge >= 0.3 is 5.92 Å². The molecule has 10 heavy (non-hydrogen) atoms. The molecule has 0 atom stereocenters. The van der Waals surface area contributed by atoms with Crippen LogP contribution in [0.1, 0.15) is 0 Å². The first kappa shape index (κ1) is 7.40. The molecule has 0 bridgehead atoms. The summed E-state index contributed by atoms with van der Waals surface area (Å²) in [6.45, 7) is 0.120. The minimum absolute atomic E-state index is 0.272. The van der Waals surface area contributed by atoms with Crippen LogP contribution in [0.3, 0.4) is 0 Å². The summed E-state index contributed by atoms with van der Waals surface area (Å²) in [7, 11) is 0. The van der Waals surface area contributed by atoms with Crippen LogP contribution in [0.15, 0.2) is 0 Å². The molecule has 0 aromatic heterocycles. The maximum absolute atomic E-state index is 12.4. The Morgan fingerprint density at radius 1 is 1.40 bits per heavy atom. The normalized spacial score (nSPS) is 25.2. The molecule has 0 aromatic rings. The molecule has 5 heteroatoms. The van der Waals surface area contributed by atoms with Crippen molar-refractivity contribution in [3.05, 3.63) is 0 Å². The highest BCUT2D eigenvalue weighted by Gasteiger charge is 2.39. The predicted molar refractivity (Wildman–Crippen MR) is 30.8 cm³/mol. The smallest absolute Gasteiger partial charge is 0.336 e. The van der Waals surface area contributed by atoms with Crippen molar-refractivity contribution in [2.75, 3.05) is 19.6 Å². The lowest BCUT2D eigenvalue weighted by atomic mass is 10.3. The molecule has 58 valence electrons. The van der Waals surface area contributed by atoms with Gasteiger partial charge in [-0.25, -0.2) is 0 Å². The minimum atomic E-state index is -3.24. The van der Waals surface area contributed by atoms with Gasteiger partial charge in [0.25, 0.3) is 5.91 Å². The SMILES string of the molecule is O=C1NCCNCC1(F)F. The molecule has 0 radical (unpaired) electrons. The van der Waals surface area contributed by atoms with Crippen LogP contribution >= 0.6 is 0 Å². The Kier molecular flexibility index (Phi) is 1.85. The van der Waals surface area contributed by atoms with Gasteiger partial charge in [-0.1, -0.05) is 0 Å². The fourth-order valence-electron chi connectivity index (χ4n) is 0.719. The van der Waals surface area contributed by atoms with Gasteiger partial charge in [0.15, 0.2) is 0 Å². The highest BCUT2D eigenvalue weighted by molar-refractivity contribution is 5.83. The molecule has 1 fully saturated rings. The second-order valence-electron chi connectivity index (χ2n) is 2.14. The largest absolute Gasteiger partial charge is 0.350 e. The van der Waals surface area contributed by atoms with Crippen LogP contribution in [-0.2, 0) is 4.79 Å². The standard InChI is InChI=1S/C5H8F2N2O/c6-5(7)3-8-1-2-9-4(5)10/h8H,1-3H2,(H,9,10). The van der Waals surface area contributed by atoms with E-state index >= 15 is 0 Å². The molecular formula is C5H8F2N2O. The van der Waals surface area contributed by atoms with Crippen molar-refractivity contribution in [3.8, 4) is 0 Å². The molecule has 2 N–H and O–H groups in total. The Balaban J connectivity index is 2.61. The molecule has 0 aromatic carbocycles. The van der Waals surface area contributed by atoms with Gasteiger partial charge in [-0.15, -0.1) is 0 Å². The van der Waals surface area contributed by atoms with E-state index in [2.05, 4.69) is 10.6 Å². The van der Waals surface area contributed by atoms with Crippen LogP contribution < -0.4 is 10.6 Å². The van der Waals surface area contributed by atoms with Crippen LogP contribution in [0.25, 0.3) is 0 Å². The molecular weight excluding hydrogens is 142 g/mol. The van der Waals surface area contributed by atoms with Crippen LogP contribution in [-0.4, -0.2) is 31.5 Å². The average Bonchev–Trinajstić information content (AvgIpc) is 1.96. The quantitative estimate of drug-likeness (QED) is 0.481. The zero-order chi connectivity index (χ0) is 7.61. The van der Waals surface area contributed by atoms with Crippen LogP contribution in [0.2, 0.25) is 0 Å². The number of carbonyl (C=O) groups is 1. The van der Waals surface area contributed by atoms with E-state index in [1.54, 1.807) is 0 Å². The molecule has 1 aliphatic rings. The maximum Gasteiger partial charge on any atom is 0.336 e. The van der Waals surface area contributed by atoms with Gasteiger partial charge in [0.1, 0.15) is 0 Å². The van der Waals surface area contributed by atoms with E-state index in [1.807, 2.05) is 0 Å². The second kappa shape index (κ2) is 2.49. The molecule has 1 saturated heterocycles. The summed E-state index contributed by atoms with van der Waals surface area (Å²) in [6, 6.07) is 0. The number of hydrogen-bond donors (Lipinski definition) is 2.